The number of hydrogen-bond donors (Lipinski definition) is 4. The Kier molecular flexibility index (Phi) is 3.26. The van der Waals surface area contributed by atoms with E-state index in [0.29, 0.717) is 0 Å². The van der Waals surface area contributed by atoms with Crippen molar-refractivity contribution in [3.8, 4) is 0 Å². The second kappa shape index (κ2) is 3.89. The summed E-state index contributed by atoms with van der Waals surface area (Å²) in [5, 5.41) is 3.29. The van der Waals surface area contributed by atoms with Gasteiger partial charge in [0.15, 0.2) is 0 Å². The molecule has 1 fully saturated rings. The minimum atomic E-state index is -0.763. The Labute approximate surface area is 79.6 Å². The average molecular weight is 187 g/mol. The summed E-state index contributed by atoms with van der Waals surface area (Å²) in [5.74, 6) is -0.763. The molecule has 0 radical (unpaired) electrons. The zero-order valence-corrected chi connectivity index (χ0v) is 8.46. The fraction of sp³-hybridized carbons (Fsp3) is 1.00. The third kappa shape index (κ3) is 2.62. The van der Waals surface area contributed by atoms with E-state index in [1.807, 2.05) is 13.8 Å². The standard InChI is InChI=1S/C8H21N5/c1-6(9)7-5-12-3-4-13(7)8(2,10)11/h6-7,12H,3-5,9-11H2,1-2H3. The number of nitrogens with one attached hydrogen (secondary N) is 1. The molecule has 2 atom stereocenters. The van der Waals surface area contributed by atoms with Crippen molar-refractivity contribution in [2.24, 2.45) is 17.2 Å². The van der Waals surface area contributed by atoms with Crippen LogP contribution in [0, 0.1) is 0 Å². The van der Waals surface area contributed by atoms with Gasteiger partial charge in [-0.2, -0.15) is 0 Å². The molecule has 1 saturated heterocycles. The largest absolute Gasteiger partial charge is 0.326 e. The second-order valence-electron chi connectivity index (χ2n) is 4.05. The topological polar surface area (TPSA) is 93.3 Å². The van der Waals surface area contributed by atoms with E-state index in [-0.39, 0.29) is 12.1 Å². The van der Waals surface area contributed by atoms with Crippen molar-refractivity contribution in [2.45, 2.75) is 31.7 Å². The molecular formula is C8H21N5. The molecule has 0 amide bonds. The van der Waals surface area contributed by atoms with Crippen molar-refractivity contribution in [1.82, 2.24) is 10.2 Å². The van der Waals surface area contributed by atoms with Crippen LogP contribution in [-0.2, 0) is 0 Å². The maximum atomic E-state index is 5.86. The van der Waals surface area contributed by atoms with Gasteiger partial charge < -0.3 is 22.5 Å². The van der Waals surface area contributed by atoms with E-state index in [4.69, 9.17) is 17.2 Å². The zero-order valence-electron chi connectivity index (χ0n) is 8.46. The summed E-state index contributed by atoms with van der Waals surface area (Å²) in [6.07, 6.45) is 0. The first-order valence-electron chi connectivity index (χ1n) is 4.73. The van der Waals surface area contributed by atoms with Gasteiger partial charge in [0.1, 0.15) is 5.79 Å². The smallest absolute Gasteiger partial charge is 0.118 e. The summed E-state index contributed by atoms with van der Waals surface area (Å²) in [6, 6.07) is 0.313. The monoisotopic (exact) mass is 187 g/mol. The Morgan fingerprint density at radius 1 is 1.54 bits per heavy atom. The molecule has 0 spiro atoms. The Hall–Kier alpha value is -0.200. The van der Waals surface area contributed by atoms with Crippen molar-refractivity contribution >= 4 is 0 Å². The second-order valence-corrected chi connectivity index (χ2v) is 4.05. The lowest BCUT2D eigenvalue weighted by atomic mass is 10.1. The molecule has 5 heteroatoms. The van der Waals surface area contributed by atoms with Crippen molar-refractivity contribution in [1.29, 1.82) is 0 Å². The van der Waals surface area contributed by atoms with E-state index in [1.54, 1.807) is 0 Å². The van der Waals surface area contributed by atoms with Crippen LogP contribution in [0.15, 0.2) is 0 Å². The maximum Gasteiger partial charge on any atom is 0.118 e. The molecule has 5 nitrogen and oxygen atoms in total. The number of hydrogen-bond acceptors (Lipinski definition) is 5. The summed E-state index contributed by atoms with van der Waals surface area (Å²) in [6.45, 7) is 6.44. The molecule has 13 heavy (non-hydrogen) atoms. The number of nitrogens with zero attached hydrogens (tertiary/aromatic N) is 1. The molecule has 0 aliphatic carbocycles. The number of nitrogens with two attached hydrogens (primary N) is 3. The number of piperazine rings is 1. The van der Waals surface area contributed by atoms with E-state index in [2.05, 4.69) is 10.2 Å². The van der Waals surface area contributed by atoms with E-state index in [9.17, 15) is 0 Å². The molecule has 2 unspecified atom stereocenters. The van der Waals surface area contributed by atoms with Gasteiger partial charge in [0, 0.05) is 31.7 Å². The highest BCUT2D eigenvalue weighted by Gasteiger charge is 2.33. The van der Waals surface area contributed by atoms with Gasteiger partial charge in [0.2, 0.25) is 0 Å². The summed E-state index contributed by atoms with van der Waals surface area (Å²) in [7, 11) is 0. The van der Waals surface area contributed by atoms with Crippen LogP contribution >= 0.6 is 0 Å². The summed E-state index contributed by atoms with van der Waals surface area (Å²) >= 11 is 0. The summed E-state index contributed by atoms with van der Waals surface area (Å²) in [4.78, 5) is 2.06. The average Bonchev–Trinajstić information content (AvgIpc) is 2.03. The van der Waals surface area contributed by atoms with Gasteiger partial charge in [-0.3, -0.25) is 4.90 Å². The first-order chi connectivity index (χ1) is 5.93. The molecule has 0 bridgehead atoms. The lowest BCUT2D eigenvalue weighted by Gasteiger charge is -2.45. The fourth-order valence-corrected chi connectivity index (χ4v) is 1.79. The SMILES string of the molecule is CC(N)C1CNCCN1C(C)(N)N. The molecule has 0 aromatic carbocycles. The first kappa shape index (κ1) is 10.9. The van der Waals surface area contributed by atoms with Crippen molar-refractivity contribution in [3.05, 3.63) is 0 Å². The summed E-state index contributed by atoms with van der Waals surface area (Å²) < 4.78 is 0. The predicted molar refractivity (Wildman–Crippen MR) is 53.8 cm³/mol. The lowest BCUT2D eigenvalue weighted by molar-refractivity contribution is 0.0352. The Morgan fingerprint density at radius 2 is 2.15 bits per heavy atom. The van der Waals surface area contributed by atoms with Crippen LogP contribution in [0.1, 0.15) is 13.8 Å². The highest BCUT2D eigenvalue weighted by Crippen LogP contribution is 2.11. The minimum Gasteiger partial charge on any atom is -0.326 e. The van der Waals surface area contributed by atoms with Gasteiger partial charge in [0.25, 0.3) is 0 Å². The van der Waals surface area contributed by atoms with Crippen molar-refractivity contribution < 1.29 is 0 Å². The highest BCUT2D eigenvalue weighted by atomic mass is 15.4. The van der Waals surface area contributed by atoms with Gasteiger partial charge in [-0.05, 0) is 13.8 Å². The van der Waals surface area contributed by atoms with E-state index < -0.39 is 5.79 Å². The third-order valence-corrected chi connectivity index (χ3v) is 2.51. The molecule has 1 heterocycles. The quantitative estimate of drug-likeness (QED) is 0.383. The molecule has 0 aromatic heterocycles. The predicted octanol–water partition coefficient (Wildman–Crippen LogP) is -1.80. The number of rotatable bonds is 2. The Morgan fingerprint density at radius 3 is 2.54 bits per heavy atom. The summed E-state index contributed by atoms with van der Waals surface area (Å²) in [5.41, 5.74) is 17.6. The molecule has 1 aliphatic rings. The molecule has 7 N–H and O–H groups in total. The van der Waals surface area contributed by atoms with E-state index >= 15 is 0 Å². The molecule has 1 rings (SSSR count). The Balaban J connectivity index is 2.67. The van der Waals surface area contributed by atoms with Crippen LogP contribution in [0.5, 0.6) is 0 Å². The van der Waals surface area contributed by atoms with Crippen LogP contribution in [-0.4, -0.2) is 42.4 Å². The van der Waals surface area contributed by atoms with E-state index in [1.165, 1.54) is 0 Å². The van der Waals surface area contributed by atoms with Gasteiger partial charge >= 0.3 is 0 Å². The molecule has 0 aromatic rings. The van der Waals surface area contributed by atoms with Gasteiger partial charge in [-0.15, -0.1) is 0 Å². The fourth-order valence-electron chi connectivity index (χ4n) is 1.79. The normalized spacial score (nSPS) is 28.8. The Bertz CT molecular complexity index is 162. The van der Waals surface area contributed by atoms with Gasteiger partial charge in [-0.1, -0.05) is 0 Å². The minimum absolute atomic E-state index is 0.0826. The van der Waals surface area contributed by atoms with Crippen molar-refractivity contribution in [2.75, 3.05) is 19.6 Å². The van der Waals surface area contributed by atoms with Crippen LogP contribution in [0.3, 0.4) is 0 Å². The lowest BCUT2D eigenvalue weighted by Crippen LogP contribution is -2.71. The van der Waals surface area contributed by atoms with Crippen LogP contribution in [0.4, 0.5) is 0 Å². The van der Waals surface area contributed by atoms with Crippen LogP contribution < -0.4 is 22.5 Å². The van der Waals surface area contributed by atoms with Gasteiger partial charge in [-0.25, -0.2) is 0 Å². The van der Waals surface area contributed by atoms with Crippen molar-refractivity contribution in [3.63, 3.8) is 0 Å². The molecule has 1 aliphatic heterocycles. The van der Waals surface area contributed by atoms with Crippen LogP contribution in [0.25, 0.3) is 0 Å². The van der Waals surface area contributed by atoms with Crippen LogP contribution in [0.2, 0.25) is 0 Å². The molecular weight excluding hydrogens is 166 g/mol. The molecule has 0 saturated carbocycles. The zero-order chi connectivity index (χ0) is 10.1. The van der Waals surface area contributed by atoms with E-state index in [0.717, 1.165) is 19.6 Å². The first-order valence-corrected chi connectivity index (χ1v) is 4.73. The third-order valence-electron chi connectivity index (χ3n) is 2.51. The molecule has 78 valence electrons. The highest BCUT2D eigenvalue weighted by molar-refractivity contribution is 4.90. The maximum absolute atomic E-state index is 5.86. The van der Waals surface area contributed by atoms with Gasteiger partial charge in [0.05, 0.1) is 0 Å².